The zero-order valence-electron chi connectivity index (χ0n) is 34.7. The highest BCUT2D eigenvalue weighted by atomic mass is 16.5. The molecule has 60 heavy (non-hydrogen) atoms. The van der Waals surface area contributed by atoms with Crippen molar-refractivity contribution in [1.82, 2.24) is 19.9 Å². The summed E-state index contributed by atoms with van der Waals surface area (Å²) < 4.78 is 11.8. The van der Waals surface area contributed by atoms with Gasteiger partial charge in [0.1, 0.15) is 23.1 Å². The number of nitrogens with zero attached hydrogens (tertiary/aromatic N) is 4. The van der Waals surface area contributed by atoms with Crippen molar-refractivity contribution in [3.63, 3.8) is 0 Å². The van der Waals surface area contributed by atoms with Crippen LogP contribution in [0.2, 0.25) is 0 Å². The van der Waals surface area contributed by atoms with E-state index in [0.717, 1.165) is 67.1 Å². The average Bonchev–Trinajstić information content (AvgIpc) is 3.91. The number of hydrogen-bond acceptors (Lipinski definition) is 9. The second kappa shape index (κ2) is 17.3. The molecule has 0 saturated heterocycles. The Hall–Kier alpha value is -7.27. The minimum absolute atomic E-state index is 0.0299. The number of Topliss-reactive ketones (excluding diaryl/α,β-unsaturated/α-hetero) is 1. The molecule has 4 N–H and O–H groups in total. The number of carbonyl (C=O) groups excluding carboxylic acids is 1. The molecule has 4 aromatic heterocycles. The third kappa shape index (κ3) is 7.81. The molecule has 0 bridgehead atoms. The molecule has 4 unspecified atom stereocenters. The molecule has 0 aliphatic carbocycles. The number of hydrogen-bond donors (Lipinski definition) is 4. The van der Waals surface area contributed by atoms with Crippen molar-refractivity contribution < 1.29 is 14.3 Å². The molecule has 8 rings (SSSR count). The minimum atomic E-state index is -0.785. The monoisotopic (exact) mass is 798 g/mol. The average molecular weight is 799 g/mol. The number of benzene rings is 4. The fourth-order valence-corrected chi connectivity index (χ4v) is 8.16. The van der Waals surface area contributed by atoms with Crippen molar-refractivity contribution in [3.05, 3.63) is 168 Å². The predicted molar refractivity (Wildman–Crippen MR) is 243 cm³/mol. The van der Waals surface area contributed by atoms with E-state index < -0.39 is 23.9 Å². The fraction of sp³-hybridized carbons (Fsp3) is 0.204. The number of carbonyl (C=O) groups is 1. The van der Waals surface area contributed by atoms with Gasteiger partial charge in [0.05, 0.1) is 49.5 Å². The van der Waals surface area contributed by atoms with Crippen LogP contribution in [0, 0.1) is 0 Å². The number of ketones is 1. The van der Waals surface area contributed by atoms with E-state index in [4.69, 9.17) is 19.4 Å². The summed E-state index contributed by atoms with van der Waals surface area (Å²) in [5, 5.41) is 9.54. The third-order valence-electron chi connectivity index (χ3n) is 11.2. The molecule has 0 aliphatic rings. The van der Waals surface area contributed by atoms with Gasteiger partial charge in [0, 0.05) is 74.8 Å². The molecule has 11 heteroatoms. The number of aromatic nitrogens is 4. The van der Waals surface area contributed by atoms with Crippen LogP contribution in [0.5, 0.6) is 11.5 Å². The van der Waals surface area contributed by atoms with Crippen molar-refractivity contribution in [2.24, 2.45) is 0 Å². The van der Waals surface area contributed by atoms with Gasteiger partial charge < -0.3 is 39.9 Å². The number of H-pyrrole nitrogens is 2. The van der Waals surface area contributed by atoms with E-state index in [1.165, 1.54) is 0 Å². The first-order chi connectivity index (χ1) is 29.2. The van der Waals surface area contributed by atoms with Crippen LogP contribution in [0.3, 0.4) is 0 Å². The molecule has 0 radical (unpaired) electrons. The Kier molecular flexibility index (Phi) is 11.4. The maximum absolute atomic E-state index is 16.8. The van der Waals surface area contributed by atoms with Crippen LogP contribution < -0.4 is 29.9 Å². The Labute approximate surface area is 350 Å². The molecule has 0 aliphatic heterocycles. The SMILES string of the molecule is COc1ccccc1NC(c1ccc(N(C)C)nc1)C(C(=O)C(c1c[nH]c2ccccc12)C(Nc1ccccc1OC)c1ccc(N(C)C)nc1)c1c[nH]c2ccccc12. The summed E-state index contributed by atoms with van der Waals surface area (Å²) in [5.41, 5.74) is 6.71. The molecular formula is C49H50N8O3. The van der Waals surface area contributed by atoms with Gasteiger partial charge in [-0.05, 0) is 70.8 Å². The second-order valence-corrected chi connectivity index (χ2v) is 15.3. The molecule has 4 aromatic carbocycles. The summed E-state index contributed by atoms with van der Waals surface area (Å²) in [7, 11) is 11.2. The highest BCUT2D eigenvalue weighted by molar-refractivity contribution is 6.01. The molecule has 8 aromatic rings. The van der Waals surface area contributed by atoms with Crippen LogP contribution in [-0.2, 0) is 4.79 Å². The fourth-order valence-electron chi connectivity index (χ4n) is 8.16. The lowest BCUT2D eigenvalue weighted by Gasteiger charge is -2.35. The van der Waals surface area contributed by atoms with Crippen LogP contribution in [-0.4, -0.2) is 68.1 Å². The van der Waals surface area contributed by atoms with E-state index in [1.54, 1.807) is 14.2 Å². The predicted octanol–water partition coefficient (Wildman–Crippen LogP) is 9.73. The van der Waals surface area contributed by atoms with E-state index >= 15 is 4.79 Å². The molecule has 0 amide bonds. The number of para-hydroxylation sites is 6. The van der Waals surface area contributed by atoms with Crippen molar-refractivity contribution in [2.45, 2.75) is 23.9 Å². The number of methoxy groups -OCH3 is 2. The van der Waals surface area contributed by atoms with Gasteiger partial charge in [-0.3, -0.25) is 4.79 Å². The first kappa shape index (κ1) is 39.6. The zero-order chi connectivity index (χ0) is 41.8. The molecule has 0 fully saturated rings. The second-order valence-electron chi connectivity index (χ2n) is 15.3. The van der Waals surface area contributed by atoms with Gasteiger partial charge in [0.15, 0.2) is 5.78 Å². The lowest BCUT2D eigenvalue weighted by molar-refractivity contribution is -0.122. The Morgan fingerprint density at radius 3 is 1.33 bits per heavy atom. The summed E-state index contributed by atoms with van der Waals surface area (Å²) in [6, 6.07) is 38.7. The maximum Gasteiger partial charge on any atom is 0.152 e. The van der Waals surface area contributed by atoms with Gasteiger partial charge in [-0.25, -0.2) is 9.97 Å². The third-order valence-corrected chi connectivity index (χ3v) is 11.2. The van der Waals surface area contributed by atoms with Crippen LogP contribution in [0.15, 0.2) is 146 Å². The van der Waals surface area contributed by atoms with Gasteiger partial charge in [-0.1, -0.05) is 72.8 Å². The number of aromatic amines is 2. The van der Waals surface area contributed by atoms with Gasteiger partial charge >= 0.3 is 0 Å². The molecule has 0 saturated carbocycles. The normalized spacial score (nSPS) is 13.3. The Balaban J connectivity index is 1.41. The van der Waals surface area contributed by atoms with Crippen molar-refractivity contribution in [3.8, 4) is 11.5 Å². The number of fused-ring (bicyclic) bond motifs is 2. The van der Waals surface area contributed by atoms with Crippen LogP contribution in [0.4, 0.5) is 23.0 Å². The largest absolute Gasteiger partial charge is 0.495 e. The van der Waals surface area contributed by atoms with Gasteiger partial charge in [0.25, 0.3) is 0 Å². The quantitative estimate of drug-likeness (QED) is 0.0757. The van der Waals surface area contributed by atoms with Crippen LogP contribution in [0.1, 0.15) is 46.2 Å². The van der Waals surface area contributed by atoms with Crippen molar-refractivity contribution >= 4 is 50.6 Å². The van der Waals surface area contributed by atoms with Crippen molar-refractivity contribution in [1.29, 1.82) is 0 Å². The van der Waals surface area contributed by atoms with E-state index in [0.29, 0.717) is 11.5 Å². The van der Waals surface area contributed by atoms with E-state index in [9.17, 15) is 0 Å². The topological polar surface area (TPSA) is 123 Å². The summed E-state index contributed by atoms with van der Waals surface area (Å²) in [6.07, 6.45) is 7.70. The summed E-state index contributed by atoms with van der Waals surface area (Å²) in [4.78, 5) is 37.4. The summed E-state index contributed by atoms with van der Waals surface area (Å²) in [5.74, 6) is 1.31. The van der Waals surface area contributed by atoms with Gasteiger partial charge in [-0.2, -0.15) is 0 Å². The number of rotatable bonds is 16. The highest BCUT2D eigenvalue weighted by Crippen LogP contribution is 2.48. The Morgan fingerprint density at radius 1 is 0.550 bits per heavy atom. The number of nitrogens with one attached hydrogen (secondary N) is 4. The minimum Gasteiger partial charge on any atom is -0.495 e. The zero-order valence-corrected chi connectivity index (χ0v) is 34.7. The first-order valence-corrected chi connectivity index (χ1v) is 20.0. The van der Waals surface area contributed by atoms with E-state index in [-0.39, 0.29) is 5.78 Å². The molecule has 0 spiro atoms. The maximum atomic E-state index is 16.8. The van der Waals surface area contributed by atoms with E-state index in [2.05, 4.69) is 44.9 Å². The molecule has 304 valence electrons. The molecule has 4 atom stereocenters. The highest BCUT2D eigenvalue weighted by Gasteiger charge is 2.43. The number of anilines is 4. The molecule has 11 nitrogen and oxygen atoms in total. The number of pyridine rings is 2. The van der Waals surface area contributed by atoms with Gasteiger partial charge in [0.2, 0.25) is 0 Å². The van der Waals surface area contributed by atoms with Crippen LogP contribution in [0.25, 0.3) is 21.8 Å². The summed E-state index contributed by atoms with van der Waals surface area (Å²) >= 11 is 0. The summed E-state index contributed by atoms with van der Waals surface area (Å²) in [6.45, 7) is 0. The van der Waals surface area contributed by atoms with Crippen molar-refractivity contribution in [2.75, 3.05) is 62.8 Å². The smallest absolute Gasteiger partial charge is 0.152 e. The Morgan fingerprint density at radius 2 is 0.950 bits per heavy atom. The molecule has 4 heterocycles. The number of ether oxygens (including phenoxy) is 2. The standard InChI is InChI=1S/C49H50N8O3/c1-56(2)43-25-23-31(27-52-43)47(54-39-19-11-13-21-41(39)59-5)45(35-29-50-37-17-9-7-15-33(35)37)49(58)46(36-30-51-38-18-10-8-16-34(36)38)48(32-24-26-44(53-28-32)57(3)4)55-40-20-12-14-22-42(40)60-6/h7-30,45-48,50-51,54-55H,1-6H3. The Bertz CT molecular complexity index is 2520. The lowest BCUT2D eigenvalue weighted by atomic mass is 9.73. The van der Waals surface area contributed by atoms with Gasteiger partial charge in [-0.15, -0.1) is 0 Å². The lowest BCUT2D eigenvalue weighted by Crippen LogP contribution is -2.34. The molecular weight excluding hydrogens is 749 g/mol. The first-order valence-electron chi connectivity index (χ1n) is 20.0. The van der Waals surface area contributed by atoms with Crippen LogP contribution >= 0.6 is 0 Å². The van der Waals surface area contributed by atoms with E-state index in [1.807, 2.05) is 160 Å².